The maximum atomic E-state index is 6.80. The fourth-order valence-electron chi connectivity index (χ4n) is 7.79. The van der Waals surface area contributed by atoms with Gasteiger partial charge in [0, 0.05) is 39.0 Å². The molecule has 254 valence electrons. The number of fused-ring (bicyclic) bond motifs is 4. The summed E-state index contributed by atoms with van der Waals surface area (Å²) in [4.78, 5) is 2.37. The quantitative estimate of drug-likeness (QED) is 0.166. The minimum Gasteiger partial charge on any atom is -0.455 e. The average molecular weight is 690 g/mol. The van der Waals surface area contributed by atoms with Crippen LogP contribution in [0, 0.1) is 0 Å². The Bertz CT molecular complexity index is 2860. The minimum absolute atomic E-state index is 0.906. The molecule has 0 aliphatic carbocycles. The first-order valence-corrected chi connectivity index (χ1v) is 18.4. The van der Waals surface area contributed by atoms with Gasteiger partial charge in [-0.1, -0.05) is 164 Å². The zero-order valence-corrected chi connectivity index (χ0v) is 29.6. The molecule has 0 aliphatic rings. The topological polar surface area (TPSA) is 16.4 Å². The second kappa shape index (κ2) is 13.4. The molecular weight excluding hydrogens is 655 g/mol. The lowest BCUT2D eigenvalue weighted by atomic mass is 9.96. The zero-order chi connectivity index (χ0) is 35.8. The third kappa shape index (κ3) is 5.71. The van der Waals surface area contributed by atoms with Gasteiger partial charge in [0.25, 0.3) is 0 Å². The van der Waals surface area contributed by atoms with E-state index in [1.165, 1.54) is 27.6 Å². The molecule has 0 atom stereocenters. The largest absolute Gasteiger partial charge is 0.455 e. The highest BCUT2D eigenvalue weighted by molar-refractivity contribution is 6.13. The van der Waals surface area contributed by atoms with Crippen molar-refractivity contribution < 1.29 is 4.42 Å². The predicted molar refractivity (Wildman–Crippen MR) is 228 cm³/mol. The van der Waals surface area contributed by atoms with Crippen molar-refractivity contribution >= 4 is 49.8 Å². The number of nitrogens with zero attached hydrogens (tertiary/aromatic N) is 1. The molecule has 2 nitrogen and oxygen atoms in total. The van der Waals surface area contributed by atoms with Gasteiger partial charge in [0.2, 0.25) is 0 Å². The third-order valence-corrected chi connectivity index (χ3v) is 10.4. The summed E-state index contributed by atoms with van der Waals surface area (Å²) in [5, 5.41) is 4.59. The normalized spacial score (nSPS) is 11.3. The van der Waals surface area contributed by atoms with Crippen LogP contribution in [0.1, 0.15) is 0 Å². The molecule has 0 saturated carbocycles. The van der Waals surface area contributed by atoms with Gasteiger partial charge in [-0.3, -0.25) is 0 Å². The number of benzene rings is 9. The van der Waals surface area contributed by atoms with Crippen molar-refractivity contribution in [1.82, 2.24) is 0 Å². The first kappa shape index (κ1) is 31.6. The Morgan fingerprint density at radius 2 is 0.796 bits per heavy atom. The van der Waals surface area contributed by atoms with Gasteiger partial charge in [0.1, 0.15) is 11.2 Å². The highest BCUT2D eigenvalue weighted by Crippen LogP contribution is 2.43. The second-order valence-electron chi connectivity index (χ2n) is 13.8. The van der Waals surface area contributed by atoms with Gasteiger partial charge < -0.3 is 9.32 Å². The van der Waals surface area contributed by atoms with Crippen LogP contribution in [0.4, 0.5) is 17.1 Å². The molecule has 0 N–H and O–H groups in total. The summed E-state index contributed by atoms with van der Waals surface area (Å²) in [6, 6.07) is 75.8. The molecule has 1 aromatic heterocycles. The number of anilines is 3. The number of furan rings is 1. The Hall–Kier alpha value is -7.16. The monoisotopic (exact) mass is 689 g/mol. The Balaban J connectivity index is 1.13. The molecule has 0 fully saturated rings. The van der Waals surface area contributed by atoms with Crippen molar-refractivity contribution in [3.8, 4) is 44.5 Å². The molecule has 9 aromatic carbocycles. The van der Waals surface area contributed by atoms with Crippen molar-refractivity contribution in [1.29, 1.82) is 0 Å². The Labute approximate surface area is 314 Å². The van der Waals surface area contributed by atoms with Crippen LogP contribution < -0.4 is 4.90 Å². The van der Waals surface area contributed by atoms with Crippen LogP contribution in [0.15, 0.2) is 217 Å². The molecule has 1 heterocycles. The summed E-state index contributed by atoms with van der Waals surface area (Å²) >= 11 is 0. The fourth-order valence-corrected chi connectivity index (χ4v) is 7.79. The van der Waals surface area contributed by atoms with E-state index in [-0.39, 0.29) is 0 Å². The van der Waals surface area contributed by atoms with Gasteiger partial charge in [-0.2, -0.15) is 0 Å². The SMILES string of the molecule is c1ccc(-c2cc(-c3ccccc3)cc(N(c3ccccc3)c3ccc4ccc(-c5cccc6c5oc5c(-c7ccccc7)cccc56)cc4c3)c2)cc1. The van der Waals surface area contributed by atoms with E-state index in [9.17, 15) is 0 Å². The maximum Gasteiger partial charge on any atom is 0.143 e. The van der Waals surface area contributed by atoms with Gasteiger partial charge in [-0.15, -0.1) is 0 Å². The zero-order valence-electron chi connectivity index (χ0n) is 29.6. The molecule has 54 heavy (non-hydrogen) atoms. The van der Waals surface area contributed by atoms with Crippen LogP contribution >= 0.6 is 0 Å². The lowest BCUT2D eigenvalue weighted by molar-refractivity contribution is 0.671. The summed E-state index contributed by atoms with van der Waals surface area (Å²) in [5.74, 6) is 0. The number of hydrogen-bond acceptors (Lipinski definition) is 2. The lowest BCUT2D eigenvalue weighted by Gasteiger charge is -2.27. The van der Waals surface area contributed by atoms with Gasteiger partial charge in [-0.25, -0.2) is 0 Å². The third-order valence-electron chi connectivity index (χ3n) is 10.4. The number of rotatable bonds is 7. The molecular formula is C52H35NO. The lowest BCUT2D eigenvalue weighted by Crippen LogP contribution is -2.10. The Kier molecular flexibility index (Phi) is 7.85. The van der Waals surface area contributed by atoms with E-state index in [0.29, 0.717) is 0 Å². The Morgan fingerprint density at radius 3 is 1.39 bits per heavy atom. The van der Waals surface area contributed by atoms with Crippen LogP contribution in [0.3, 0.4) is 0 Å². The van der Waals surface area contributed by atoms with Crippen molar-refractivity contribution in [2.24, 2.45) is 0 Å². The molecule has 0 radical (unpaired) electrons. The summed E-state index contributed by atoms with van der Waals surface area (Å²) in [5.41, 5.74) is 14.3. The highest BCUT2D eigenvalue weighted by atomic mass is 16.3. The summed E-state index contributed by atoms with van der Waals surface area (Å²) in [6.45, 7) is 0. The van der Waals surface area contributed by atoms with E-state index < -0.39 is 0 Å². The summed E-state index contributed by atoms with van der Waals surface area (Å²) in [6.07, 6.45) is 0. The molecule has 0 aliphatic heterocycles. The standard InChI is InChI=1S/C52H35NO/c1-5-15-36(16-6-1)42-32-43(37-17-7-2-8-18-37)35-46(34-42)53(44-21-11-4-12-22-44)45-30-29-38-27-28-40(31-41(38)33-45)48-24-14-26-50-49-25-13-23-47(51(49)54-52(48)50)39-19-9-3-10-20-39/h1-35H. The highest BCUT2D eigenvalue weighted by Gasteiger charge is 2.18. The van der Waals surface area contributed by atoms with E-state index in [4.69, 9.17) is 4.42 Å². The van der Waals surface area contributed by atoms with Crippen molar-refractivity contribution in [2.75, 3.05) is 4.90 Å². The first-order chi connectivity index (χ1) is 26.8. The van der Waals surface area contributed by atoms with Crippen LogP contribution in [-0.2, 0) is 0 Å². The van der Waals surface area contributed by atoms with Gasteiger partial charge in [0.05, 0.1) is 0 Å². The van der Waals surface area contributed by atoms with Crippen molar-refractivity contribution in [2.45, 2.75) is 0 Å². The van der Waals surface area contributed by atoms with Crippen LogP contribution in [-0.4, -0.2) is 0 Å². The molecule has 10 rings (SSSR count). The van der Waals surface area contributed by atoms with Crippen molar-refractivity contribution in [3.05, 3.63) is 212 Å². The van der Waals surface area contributed by atoms with E-state index in [1.807, 2.05) is 6.07 Å². The van der Waals surface area contributed by atoms with Crippen LogP contribution in [0.25, 0.3) is 77.2 Å². The maximum absolute atomic E-state index is 6.80. The van der Waals surface area contributed by atoms with Gasteiger partial charge >= 0.3 is 0 Å². The molecule has 0 spiro atoms. The van der Waals surface area contributed by atoms with Crippen LogP contribution in [0.2, 0.25) is 0 Å². The fraction of sp³-hybridized carbons (Fsp3) is 0. The smallest absolute Gasteiger partial charge is 0.143 e. The molecule has 2 heteroatoms. The average Bonchev–Trinajstić information content (AvgIpc) is 3.64. The summed E-state index contributed by atoms with van der Waals surface area (Å²) in [7, 11) is 0. The van der Waals surface area contributed by atoms with Crippen molar-refractivity contribution in [3.63, 3.8) is 0 Å². The summed E-state index contributed by atoms with van der Waals surface area (Å²) < 4.78 is 6.80. The second-order valence-corrected chi connectivity index (χ2v) is 13.8. The van der Waals surface area contributed by atoms with E-state index in [1.54, 1.807) is 0 Å². The van der Waals surface area contributed by atoms with E-state index >= 15 is 0 Å². The molecule has 0 unspecified atom stereocenters. The minimum atomic E-state index is 0.906. The molecule has 10 aromatic rings. The molecule has 0 saturated heterocycles. The van der Waals surface area contributed by atoms with Gasteiger partial charge in [0.15, 0.2) is 0 Å². The molecule has 0 amide bonds. The predicted octanol–water partition coefficient (Wildman–Crippen LogP) is 14.9. The Morgan fingerprint density at radius 1 is 0.278 bits per heavy atom. The van der Waals surface area contributed by atoms with E-state index in [0.717, 1.165) is 66.6 Å². The first-order valence-electron chi connectivity index (χ1n) is 18.4. The number of hydrogen-bond donors (Lipinski definition) is 0. The van der Waals surface area contributed by atoms with Gasteiger partial charge in [-0.05, 0) is 92.7 Å². The molecule has 0 bridgehead atoms. The number of para-hydroxylation sites is 3. The van der Waals surface area contributed by atoms with E-state index in [2.05, 4.69) is 211 Å². The van der Waals surface area contributed by atoms with Crippen LogP contribution in [0.5, 0.6) is 0 Å².